The fraction of sp³-hybridized carbons (Fsp3) is 0.481. The Hall–Kier alpha value is -3.42. The van der Waals surface area contributed by atoms with E-state index in [4.69, 9.17) is 18.9 Å². The van der Waals surface area contributed by atoms with Crippen LogP contribution >= 0.6 is 0 Å². The van der Waals surface area contributed by atoms with Crippen LogP contribution in [-0.2, 0) is 16.1 Å². The number of anilines is 1. The SMILES string of the molecule is CCCCCN(Cc1ccc(OC(C)(C)C(=O)OCC)cc1)C(=O)Nc1ccc(OC)cc1OC. The number of benzene rings is 2. The molecule has 1 N–H and O–H groups in total. The third kappa shape index (κ3) is 8.38. The number of ether oxygens (including phenoxy) is 4. The summed E-state index contributed by atoms with van der Waals surface area (Å²) < 4.78 is 21.6. The number of urea groups is 1. The van der Waals surface area contributed by atoms with E-state index in [-0.39, 0.29) is 6.03 Å². The van der Waals surface area contributed by atoms with Gasteiger partial charge in [-0.15, -0.1) is 0 Å². The Labute approximate surface area is 208 Å². The van der Waals surface area contributed by atoms with Crippen LogP contribution < -0.4 is 19.5 Å². The number of hydrogen-bond donors (Lipinski definition) is 1. The van der Waals surface area contributed by atoms with E-state index in [0.717, 1.165) is 24.8 Å². The van der Waals surface area contributed by atoms with E-state index in [1.807, 2.05) is 12.1 Å². The van der Waals surface area contributed by atoms with Gasteiger partial charge in [-0.1, -0.05) is 31.9 Å². The highest BCUT2D eigenvalue weighted by Crippen LogP contribution is 2.29. The number of methoxy groups -OCH3 is 2. The summed E-state index contributed by atoms with van der Waals surface area (Å²) in [5.74, 6) is 1.30. The lowest BCUT2D eigenvalue weighted by molar-refractivity contribution is -0.158. The molecule has 2 aromatic carbocycles. The first-order valence-corrected chi connectivity index (χ1v) is 12.0. The summed E-state index contributed by atoms with van der Waals surface area (Å²) in [5.41, 5.74) is 0.421. The van der Waals surface area contributed by atoms with Crippen LogP contribution in [0.4, 0.5) is 10.5 Å². The van der Waals surface area contributed by atoms with Crippen molar-refractivity contribution in [1.29, 1.82) is 0 Å². The molecule has 0 aliphatic rings. The summed E-state index contributed by atoms with van der Waals surface area (Å²) in [5, 5.41) is 2.96. The van der Waals surface area contributed by atoms with Crippen molar-refractivity contribution in [2.24, 2.45) is 0 Å². The molecule has 0 radical (unpaired) electrons. The Balaban J connectivity index is 2.12. The molecule has 35 heavy (non-hydrogen) atoms. The standard InChI is InChI=1S/C27H38N2O6/c1-7-9-10-17-29(26(31)28-23-16-15-22(32-5)18-24(23)33-6)19-20-11-13-21(14-12-20)35-27(3,4)25(30)34-8-2/h11-16,18H,7-10,17,19H2,1-6H3,(H,28,31). The van der Waals surface area contributed by atoms with Crippen molar-refractivity contribution < 1.29 is 28.5 Å². The van der Waals surface area contributed by atoms with Gasteiger partial charge in [0.15, 0.2) is 5.60 Å². The Morgan fingerprint density at radius 3 is 2.23 bits per heavy atom. The zero-order valence-corrected chi connectivity index (χ0v) is 21.7. The molecule has 192 valence electrons. The quantitative estimate of drug-likeness (QED) is 0.291. The maximum Gasteiger partial charge on any atom is 0.349 e. The van der Waals surface area contributed by atoms with Crippen LogP contribution in [0.1, 0.15) is 52.5 Å². The average molecular weight is 487 g/mol. The largest absolute Gasteiger partial charge is 0.497 e. The van der Waals surface area contributed by atoms with Crippen molar-refractivity contribution in [3.8, 4) is 17.2 Å². The summed E-state index contributed by atoms with van der Waals surface area (Å²) >= 11 is 0. The van der Waals surface area contributed by atoms with Crippen LogP contribution in [-0.4, -0.2) is 49.9 Å². The van der Waals surface area contributed by atoms with Gasteiger partial charge >= 0.3 is 12.0 Å². The minimum absolute atomic E-state index is 0.214. The molecule has 0 saturated heterocycles. The van der Waals surface area contributed by atoms with E-state index in [0.29, 0.717) is 42.6 Å². The molecule has 0 spiro atoms. The molecule has 0 saturated carbocycles. The fourth-order valence-corrected chi connectivity index (χ4v) is 3.43. The number of nitrogens with zero attached hydrogens (tertiary/aromatic N) is 1. The highest BCUT2D eigenvalue weighted by atomic mass is 16.6. The third-order valence-corrected chi connectivity index (χ3v) is 5.41. The normalized spacial score (nSPS) is 10.9. The molecule has 2 amide bonds. The second-order valence-electron chi connectivity index (χ2n) is 8.60. The van der Waals surface area contributed by atoms with Crippen LogP contribution in [0.15, 0.2) is 42.5 Å². The summed E-state index contributed by atoms with van der Waals surface area (Å²) in [6.07, 6.45) is 2.99. The Morgan fingerprint density at radius 1 is 0.943 bits per heavy atom. The van der Waals surface area contributed by atoms with Crippen molar-refractivity contribution in [3.05, 3.63) is 48.0 Å². The summed E-state index contributed by atoms with van der Waals surface area (Å²) in [4.78, 5) is 27.1. The predicted octanol–water partition coefficient (Wildman–Crippen LogP) is 5.65. The van der Waals surface area contributed by atoms with Crippen LogP contribution in [0.5, 0.6) is 17.2 Å². The van der Waals surface area contributed by atoms with Crippen LogP contribution in [0.2, 0.25) is 0 Å². The Bertz CT molecular complexity index is 959. The molecular weight excluding hydrogens is 448 g/mol. The smallest absolute Gasteiger partial charge is 0.349 e. The van der Waals surface area contributed by atoms with Crippen molar-refractivity contribution in [1.82, 2.24) is 4.90 Å². The first kappa shape index (κ1) is 27.8. The molecule has 0 heterocycles. The first-order chi connectivity index (χ1) is 16.7. The van der Waals surface area contributed by atoms with Gasteiger partial charge in [-0.2, -0.15) is 0 Å². The van der Waals surface area contributed by atoms with Crippen molar-refractivity contribution in [3.63, 3.8) is 0 Å². The van der Waals surface area contributed by atoms with Gasteiger partial charge < -0.3 is 29.2 Å². The van der Waals surface area contributed by atoms with E-state index in [1.54, 1.807) is 70.2 Å². The molecule has 0 aliphatic carbocycles. The third-order valence-electron chi connectivity index (χ3n) is 5.41. The number of hydrogen-bond acceptors (Lipinski definition) is 6. The van der Waals surface area contributed by atoms with Gasteiger partial charge in [0.2, 0.25) is 0 Å². The molecule has 8 heteroatoms. The van der Waals surface area contributed by atoms with Crippen LogP contribution in [0.3, 0.4) is 0 Å². The van der Waals surface area contributed by atoms with E-state index in [1.165, 1.54) is 0 Å². The number of unbranched alkanes of at least 4 members (excludes halogenated alkanes) is 2. The molecule has 0 unspecified atom stereocenters. The van der Waals surface area contributed by atoms with Gasteiger partial charge in [-0.3, -0.25) is 0 Å². The second kappa shape index (κ2) is 13.5. The van der Waals surface area contributed by atoms with Gasteiger partial charge in [0.05, 0.1) is 26.5 Å². The second-order valence-corrected chi connectivity index (χ2v) is 8.60. The van der Waals surface area contributed by atoms with Gasteiger partial charge in [-0.05, 0) is 57.0 Å². The number of rotatable bonds is 13. The minimum Gasteiger partial charge on any atom is -0.497 e. The maximum atomic E-state index is 13.2. The number of esters is 1. The summed E-state index contributed by atoms with van der Waals surface area (Å²) in [6.45, 7) is 8.57. The van der Waals surface area contributed by atoms with Crippen LogP contribution in [0.25, 0.3) is 0 Å². The van der Waals surface area contributed by atoms with Gasteiger partial charge in [0, 0.05) is 19.2 Å². The molecule has 2 rings (SSSR count). The molecule has 0 atom stereocenters. The number of nitrogens with one attached hydrogen (secondary N) is 1. The highest BCUT2D eigenvalue weighted by molar-refractivity contribution is 5.91. The molecule has 0 aromatic heterocycles. The molecule has 0 aliphatic heterocycles. The number of carbonyl (C=O) groups is 2. The van der Waals surface area contributed by atoms with Crippen LogP contribution in [0, 0.1) is 0 Å². The molecule has 2 aromatic rings. The lowest BCUT2D eigenvalue weighted by Gasteiger charge is -2.25. The van der Waals surface area contributed by atoms with E-state index < -0.39 is 11.6 Å². The lowest BCUT2D eigenvalue weighted by atomic mass is 10.1. The molecular formula is C27H38N2O6. The summed E-state index contributed by atoms with van der Waals surface area (Å²) in [6, 6.07) is 12.4. The highest BCUT2D eigenvalue weighted by Gasteiger charge is 2.31. The zero-order chi connectivity index (χ0) is 25.8. The van der Waals surface area contributed by atoms with Crippen molar-refractivity contribution in [2.45, 2.75) is 59.1 Å². The van der Waals surface area contributed by atoms with Gasteiger partial charge in [-0.25, -0.2) is 9.59 Å². The maximum absolute atomic E-state index is 13.2. The topological polar surface area (TPSA) is 86.3 Å². The zero-order valence-electron chi connectivity index (χ0n) is 21.7. The predicted molar refractivity (Wildman–Crippen MR) is 136 cm³/mol. The van der Waals surface area contributed by atoms with Gasteiger partial charge in [0.1, 0.15) is 17.2 Å². The van der Waals surface area contributed by atoms with Gasteiger partial charge in [0.25, 0.3) is 0 Å². The molecule has 8 nitrogen and oxygen atoms in total. The van der Waals surface area contributed by atoms with Crippen molar-refractivity contribution in [2.75, 3.05) is 32.7 Å². The van der Waals surface area contributed by atoms with E-state index in [9.17, 15) is 9.59 Å². The molecule has 0 fully saturated rings. The lowest BCUT2D eigenvalue weighted by Crippen LogP contribution is -2.39. The van der Waals surface area contributed by atoms with Crippen molar-refractivity contribution >= 4 is 17.7 Å². The van der Waals surface area contributed by atoms with E-state index in [2.05, 4.69) is 12.2 Å². The monoisotopic (exact) mass is 486 g/mol. The first-order valence-electron chi connectivity index (χ1n) is 12.0. The summed E-state index contributed by atoms with van der Waals surface area (Å²) in [7, 11) is 3.13. The number of amides is 2. The minimum atomic E-state index is -1.10. The Morgan fingerprint density at radius 2 is 1.63 bits per heavy atom. The van der Waals surface area contributed by atoms with E-state index >= 15 is 0 Å². The number of carbonyl (C=O) groups excluding carboxylic acids is 2. The Kier molecular flexibility index (Phi) is 10.7. The fourth-order valence-electron chi connectivity index (χ4n) is 3.43. The molecule has 0 bridgehead atoms. The average Bonchev–Trinajstić information content (AvgIpc) is 2.84.